The van der Waals surface area contributed by atoms with Crippen molar-refractivity contribution in [3.05, 3.63) is 114 Å². The van der Waals surface area contributed by atoms with Crippen molar-refractivity contribution in [2.45, 2.75) is 0 Å². The molecule has 0 aliphatic carbocycles. The van der Waals surface area contributed by atoms with Crippen LogP contribution in [0.1, 0.15) is 0 Å². The zero-order valence-electron chi connectivity index (χ0n) is 15.7. The van der Waals surface area contributed by atoms with Crippen molar-refractivity contribution in [2.75, 3.05) is 0 Å². The second-order valence-electron chi connectivity index (χ2n) is 7.00. The van der Waals surface area contributed by atoms with Gasteiger partial charge in [-0.2, -0.15) is 0 Å². The van der Waals surface area contributed by atoms with Crippen LogP contribution in [0.2, 0.25) is 0 Å². The molecule has 0 aliphatic heterocycles. The van der Waals surface area contributed by atoms with Crippen molar-refractivity contribution in [1.82, 2.24) is 4.98 Å². The molecule has 0 unspecified atom stereocenters. The van der Waals surface area contributed by atoms with Gasteiger partial charge in [-0.05, 0) is 57.0 Å². The first-order chi connectivity index (χ1) is 14.3. The van der Waals surface area contributed by atoms with E-state index in [4.69, 9.17) is 0 Å². The molecule has 0 atom stereocenters. The second-order valence-corrected chi connectivity index (χ2v) is 7.92. The number of hydrogen-bond acceptors (Lipinski definition) is 1. The minimum atomic E-state index is 1.08. The quantitative estimate of drug-likeness (QED) is 0.279. The minimum absolute atomic E-state index is 1.08. The minimum Gasteiger partial charge on any atom is -0.264 e. The molecular weight excluding hydrogens is 418 g/mol. The average molecular weight is 436 g/mol. The maximum Gasteiger partial charge on any atom is 0.0352 e. The number of rotatable bonds is 3. The SMILES string of the molecule is Brc1cccc(-c2ccc(-c3ccccc3-c3ccccc3)c3cnccc23)c1. The largest absolute Gasteiger partial charge is 0.264 e. The Morgan fingerprint density at radius 2 is 1.24 bits per heavy atom. The molecule has 0 saturated carbocycles. The number of pyridine rings is 1. The number of nitrogens with zero attached hydrogens (tertiary/aromatic N) is 1. The Hall–Kier alpha value is -3.23. The van der Waals surface area contributed by atoms with Crippen LogP contribution in [0.3, 0.4) is 0 Å². The first kappa shape index (κ1) is 17.8. The van der Waals surface area contributed by atoms with Gasteiger partial charge in [0.05, 0.1) is 0 Å². The lowest BCUT2D eigenvalue weighted by atomic mass is 9.89. The molecule has 4 aromatic carbocycles. The van der Waals surface area contributed by atoms with E-state index >= 15 is 0 Å². The lowest BCUT2D eigenvalue weighted by Crippen LogP contribution is -1.90. The highest BCUT2D eigenvalue weighted by Gasteiger charge is 2.13. The van der Waals surface area contributed by atoms with Crippen LogP contribution in [-0.2, 0) is 0 Å². The summed E-state index contributed by atoms with van der Waals surface area (Å²) in [6, 6.07) is 34.1. The molecule has 0 amide bonds. The zero-order valence-corrected chi connectivity index (χ0v) is 17.3. The third kappa shape index (κ3) is 3.37. The molecule has 1 heterocycles. The Balaban J connectivity index is 1.76. The number of aromatic nitrogens is 1. The first-order valence-corrected chi connectivity index (χ1v) is 10.4. The summed E-state index contributed by atoms with van der Waals surface area (Å²) in [5.41, 5.74) is 7.27. The topological polar surface area (TPSA) is 12.9 Å². The maximum atomic E-state index is 4.44. The molecule has 0 aliphatic rings. The fourth-order valence-electron chi connectivity index (χ4n) is 3.92. The van der Waals surface area contributed by atoms with Gasteiger partial charge < -0.3 is 0 Å². The van der Waals surface area contributed by atoms with Crippen LogP contribution in [-0.4, -0.2) is 4.98 Å². The second kappa shape index (κ2) is 7.65. The van der Waals surface area contributed by atoms with Crippen LogP contribution in [0, 0.1) is 0 Å². The van der Waals surface area contributed by atoms with Crippen molar-refractivity contribution in [3.63, 3.8) is 0 Å². The van der Waals surface area contributed by atoms with E-state index < -0.39 is 0 Å². The molecule has 5 aromatic rings. The fraction of sp³-hybridized carbons (Fsp3) is 0. The normalized spacial score (nSPS) is 10.9. The van der Waals surface area contributed by atoms with E-state index in [0.717, 1.165) is 9.86 Å². The molecular formula is C27H18BrN. The molecule has 0 spiro atoms. The Labute approximate surface area is 178 Å². The molecule has 0 radical (unpaired) electrons. The van der Waals surface area contributed by atoms with Crippen molar-refractivity contribution in [2.24, 2.45) is 0 Å². The van der Waals surface area contributed by atoms with Gasteiger partial charge in [0.2, 0.25) is 0 Å². The standard InChI is InChI=1S/C27H18BrN/c28-21-10-6-9-20(17-21)23-13-14-25(27-18-29-16-15-26(23)27)24-12-5-4-11-22(24)19-7-2-1-3-8-19/h1-18H. The van der Waals surface area contributed by atoms with Crippen LogP contribution in [0.25, 0.3) is 44.2 Å². The van der Waals surface area contributed by atoms with Crippen molar-refractivity contribution in [3.8, 4) is 33.4 Å². The Morgan fingerprint density at radius 1 is 0.517 bits per heavy atom. The van der Waals surface area contributed by atoms with Gasteiger partial charge in [0, 0.05) is 22.3 Å². The van der Waals surface area contributed by atoms with Crippen LogP contribution in [0.15, 0.2) is 114 Å². The molecule has 29 heavy (non-hydrogen) atoms. The molecule has 1 aromatic heterocycles. The highest BCUT2D eigenvalue weighted by molar-refractivity contribution is 9.10. The van der Waals surface area contributed by atoms with Crippen LogP contribution in [0.5, 0.6) is 0 Å². The number of halogens is 1. The highest BCUT2D eigenvalue weighted by Crippen LogP contribution is 2.39. The van der Waals surface area contributed by atoms with E-state index in [9.17, 15) is 0 Å². The maximum absolute atomic E-state index is 4.44. The van der Waals surface area contributed by atoms with Crippen molar-refractivity contribution < 1.29 is 0 Å². The highest BCUT2D eigenvalue weighted by atomic mass is 79.9. The predicted molar refractivity (Wildman–Crippen MR) is 126 cm³/mol. The number of hydrogen-bond donors (Lipinski definition) is 0. The Bertz CT molecular complexity index is 1310. The number of fused-ring (bicyclic) bond motifs is 1. The summed E-state index contributed by atoms with van der Waals surface area (Å²) in [4.78, 5) is 4.44. The Morgan fingerprint density at radius 3 is 2.07 bits per heavy atom. The van der Waals surface area contributed by atoms with Crippen molar-refractivity contribution >= 4 is 26.7 Å². The smallest absolute Gasteiger partial charge is 0.0352 e. The molecule has 1 nitrogen and oxygen atoms in total. The molecule has 0 bridgehead atoms. The van der Waals surface area contributed by atoms with Gasteiger partial charge in [-0.1, -0.05) is 94.8 Å². The van der Waals surface area contributed by atoms with Crippen LogP contribution < -0.4 is 0 Å². The molecule has 0 fully saturated rings. The molecule has 5 rings (SSSR count). The van der Waals surface area contributed by atoms with E-state index in [2.05, 4.69) is 118 Å². The zero-order chi connectivity index (χ0) is 19.6. The number of benzene rings is 4. The molecule has 0 N–H and O–H groups in total. The monoisotopic (exact) mass is 435 g/mol. The van der Waals surface area contributed by atoms with Gasteiger partial charge in [-0.15, -0.1) is 0 Å². The van der Waals surface area contributed by atoms with Crippen LogP contribution >= 0.6 is 15.9 Å². The summed E-state index contributed by atoms with van der Waals surface area (Å²) >= 11 is 3.60. The van der Waals surface area contributed by atoms with Gasteiger partial charge in [-0.25, -0.2) is 0 Å². The van der Waals surface area contributed by atoms with E-state index in [1.54, 1.807) is 0 Å². The van der Waals surface area contributed by atoms with Gasteiger partial charge in [0.15, 0.2) is 0 Å². The lowest BCUT2D eigenvalue weighted by molar-refractivity contribution is 1.36. The van der Waals surface area contributed by atoms with E-state index in [1.165, 1.54) is 38.8 Å². The summed E-state index contributed by atoms with van der Waals surface area (Å²) in [5, 5.41) is 2.37. The third-order valence-electron chi connectivity index (χ3n) is 5.26. The third-order valence-corrected chi connectivity index (χ3v) is 5.75. The lowest BCUT2D eigenvalue weighted by Gasteiger charge is -2.15. The summed E-state index contributed by atoms with van der Waals surface area (Å²) < 4.78 is 1.08. The molecule has 2 heteroatoms. The summed E-state index contributed by atoms with van der Waals surface area (Å²) in [6.07, 6.45) is 3.85. The molecule has 0 saturated heterocycles. The van der Waals surface area contributed by atoms with E-state index in [-0.39, 0.29) is 0 Å². The van der Waals surface area contributed by atoms with E-state index in [1.807, 2.05) is 12.4 Å². The summed E-state index contributed by atoms with van der Waals surface area (Å²) in [7, 11) is 0. The van der Waals surface area contributed by atoms with Crippen molar-refractivity contribution in [1.29, 1.82) is 0 Å². The van der Waals surface area contributed by atoms with Gasteiger partial charge >= 0.3 is 0 Å². The summed E-state index contributed by atoms with van der Waals surface area (Å²) in [5.74, 6) is 0. The molecule has 138 valence electrons. The summed E-state index contributed by atoms with van der Waals surface area (Å²) in [6.45, 7) is 0. The van der Waals surface area contributed by atoms with Crippen LogP contribution in [0.4, 0.5) is 0 Å². The van der Waals surface area contributed by atoms with Gasteiger partial charge in [0.1, 0.15) is 0 Å². The first-order valence-electron chi connectivity index (χ1n) is 9.59. The average Bonchev–Trinajstić information content (AvgIpc) is 2.79. The predicted octanol–water partition coefficient (Wildman–Crippen LogP) is 8.00. The van der Waals surface area contributed by atoms with Gasteiger partial charge in [0.25, 0.3) is 0 Å². The fourth-order valence-corrected chi connectivity index (χ4v) is 4.32. The van der Waals surface area contributed by atoms with E-state index in [0.29, 0.717) is 0 Å². The van der Waals surface area contributed by atoms with Gasteiger partial charge in [-0.3, -0.25) is 4.98 Å². The Kier molecular flexibility index (Phi) is 4.71.